The van der Waals surface area contributed by atoms with Gasteiger partial charge >= 0.3 is 18.3 Å². The van der Waals surface area contributed by atoms with Crippen LogP contribution in [0.5, 0.6) is 5.75 Å². The molecule has 1 aromatic rings. The van der Waals surface area contributed by atoms with Crippen LogP contribution in [0, 0.1) is 0 Å². The van der Waals surface area contributed by atoms with Gasteiger partial charge in [-0.25, -0.2) is 4.79 Å². The smallest absolute Gasteiger partial charge is 0.416 e. The highest BCUT2D eigenvalue weighted by Gasteiger charge is 2.37. The van der Waals surface area contributed by atoms with E-state index in [1.54, 1.807) is 0 Å². The van der Waals surface area contributed by atoms with E-state index in [1.165, 1.54) is 0 Å². The molecule has 0 N–H and O–H groups in total. The van der Waals surface area contributed by atoms with E-state index in [2.05, 4.69) is 4.74 Å². The molecule has 0 radical (unpaired) electrons. The van der Waals surface area contributed by atoms with Gasteiger partial charge in [-0.15, -0.1) is 0 Å². The topological polar surface area (TPSA) is 35.5 Å². The molecule has 1 rings (SSSR count). The third kappa shape index (κ3) is 4.54. The minimum absolute atomic E-state index is 0.0321. The van der Waals surface area contributed by atoms with Crippen molar-refractivity contribution in [3.63, 3.8) is 0 Å². The van der Waals surface area contributed by atoms with Crippen molar-refractivity contribution < 1.29 is 40.6 Å². The zero-order chi connectivity index (χ0) is 16.4. The summed E-state index contributed by atoms with van der Waals surface area (Å²) in [6.07, 6.45) is -11.3. The second-order valence-electron chi connectivity index (χ2n) is 4.02. The van der Waals surface area contributed by atoms with Crippen LogP contribution in [0.1, 0.15) is 18.1 Å². The first-order valence-electron chi connectivity index (χ1n) is 5.49. The molecule has 1 aromatic carbocycles. The largest absolute Gasteiger partial charge is 0.479 e. The normalized spacial score (nSPS) is 13.7. The van der Waals surface area contributed by atoms with Gasteiger partial charge in [0.1, 0.15) is 5.75 Å². The van der Waals surface area contributed by atoms with Gasteiger partial charge in [0.05, 0.1) is 18.2 Å². The Labute approximate surface area is 115 Å². The van der Waals surface area contributed by atoms with Crippen LogP contribution in [-0.4, -0.2) is 19.2 Å². The highest BCUT2D eigenvalue weighted by Crippen LogP contribution is 2.38. The lowest BCUT2D eigenvalue weighted by molar-refractivity contribution is -0.148. The number of ether oxygens (including phenoxy) is 2. The average Bonchev–Trinajstić information content (AvgIpc) is 2.35. The molecule has 0 aromatic heterocycles. The number of esters is 1. The summed E-state index contributed by atoms with van der Waals surface area (Å²) in [5, 5.41) is 0. The van der Waals surface area contributed by atoms with E-state index in [0.29, 0.717) is 12.1 Å². The quantitative estimate of drug-likeness (QED) is 0.630. The molecule has 9 heteroatoms. The van der Waals surface area contributed by atoms with Gasteiger partial charge in [-0.2, -0.15) is 26.3 Å². The number of hydrogen-bond acceptors (Lipinski definition) is 3. The molecular formula is C12H10F6O3. The van der Waals surface area contributed by atoms with Gasteiger partial charge in [-0.1, -0.05) is 0 Å². The number of benzene rings is 1. The lowest BCUT2D eigenvalue weighted by atomic mass is 10.1. The van der Waals surface area contributed by atoms with Gasteiger partial charge in [0.25, 0.3) is 0 Å². The fraction of sp³-hybridized carbons (Fsp3) is 0.417. The van der Waals surface area contributed by atoms with Crippen LogP contribution >= 0.6 is 0 Å². The molecule has 1 atom stereocenters. The van der Waals surface area contributed by atoms with Crippen molar-refractivity contribution in [3.8, 4) is 5.75 Å². The number of methoxy groups -OCH3 is 1. The molecule has 0 aliphatic heterocycles. The van der Waals surface area contributed by atoms with Crippen LogP contribution in [0.2, 0.25) is 0 Å². The summed E-state index contributed by atoms with van der Waals surface area (Å²) in [4.78, 5) is 11.1. The summed E-state index contributed by atoms with van der Waals surface area (Å²) in [5.41, 5.74) is -3.05. The van der Waals surface area contributed by atoms with Gasteiger partial charge in [-0.05, 0) is 25.1 Å². The molecule has 0 heterocycles. The average molecular weight is 316 g/mol. The van der Waals surface area contributed by atoms with Crippen molar-refractivity contribution in [1.82, 2.24) is 0 Å². The van der Waals surface area contributed by atoms with Gasteiger partial charge in [0.15, 0.2) is 6.10 Å². The molecule has 3 nitrogen and oxygen atoms in total. The molecule has 0 aliphatic rings. The highest BCUT2D eigenvalue weighted by molar-refractivity contribution is 5.74. The van der Waals surface area contributed by atoms with Crippen LogP contribution in [0.25, 0.3) is 0 Å². The van der Waals surface area contributed by atoms with E-state index in [9.17, 15) is 31.1 Å². The zero-order valence-electron chi connectivity index (χ0n) is 10.8. The first-order chi connectivity index (χ1) is 9.45. The Hall–Kier alpha value is -1.93. The van der Waals surface area contributed by atoms with E-state index < -0.39 is 41.3 Å². The van der Waals surface area contributed by atoms with E-state index in [4.69, 9.17) is 4.74 Å². The van der Waals surface area contributed by atoms with Crippen LogP contribution in [0.15, 0.2) is 18.2 Å². The predicted molar refractivity (Wildman–Crippen MR) is 58.6 cm³/mol. The SMILES string of the molecule is COC(=O)[C@H](C)Oc1cc(C(F)(F)F)cc(C(F)(F)F)c1. The van der Waals surface area contributed by atoms with Crippen LogP contribution in [-0.2, 0) is 21.9 Å². The van der Waals surface area contributed by atoms with E-state index >= 15 is 0 Å². The molecule has 118 valence electrons. The molecule has 0 fully saturated rings. The van der Waals surface area contributed by atoms with Gasteiger partial charge in [0.2, 0.25) is 0 Å². The van der Waals surface area contributed by atoms with Gasteiger partial charge in [0, 0.05) is 0 Å². The molecule has 0 saturated heterocycles. The molecule has 0 amide bonds. The number of hydrogen-bond donors (Lipinski definition) is 0. The molecule has 0 bridgehead atoms. The minimum atomic E-state index is -4.98. The summed E-state index contributed by atoms with van der Waals surface area (Å²) in [7, 11) is 1.01. The zero-order valence-corrected chi connectivity index (χ0v) is 10.8. The minimum Gasteiger partial charge on any atom is -0.479 e. The Morgan fingerprint density at radius 3 is 1.76 bits per heavy atom. The number of halogens is 6. The standard InChI is InChI=1S/C12H10F6O3/c1-6(10(19)20-2)21-9-4-7(11(13,14)15)3-8(5-9)12(16,17)18/h3-6H,1-2H3/t6-/m0/s1. The van der Waals surface area contributed by atoms with Crippen LogP contribution in [0.4, 0.5) is 26.3 Å². The Balaban J connectivity index is 3.23. The third-order valence-electron chi connectivity index (χ3n) is 2.41. The Morgan fingerprint density at radius 2 is 1.43 bits per heavy atom. The summed E-state index contributed by atoms with van der Waals surface area (Å²) >= 11 is 0. The lowest BCUT2D eigenvalue weighted by Gasteiger charge is -2.17. The van der Waals surface area contributed by atoms with Crippen molar-refractivity contribution in [1.29, 1.82) is 0 Å². The van der Waals surface area contributed by atoms with Crippen molar-refractivity contribution in [2.75, 3.05) is 7.11 Å². The fourth-order valence-corrected chi connectivity index (χ4v) is 1.41. The van der Waals surface area contributed by atoms with Gasteiger partial charge in [-0.3, -0.25) is 0 Å². The van der Waals surface area contributed by atoms with Crippen molar-refractivity contribution in [2.45, 2.75) is 25.4 Å². The van der Waals surface area contributed by atoms with E-state index in [-0.39, 0.29) is 6.07 Å². The summed E-state index contributed by atoms with van der Waals surface area (Å²) in [6, 6.07) is 0.735. The van der Waals surface area contributed by atoms with Crippen LogP contribution in [0.3, 0.4) is 0 Å². The fourth-order valence-electron chi connectivity index (χ4n) is 1.41. The highest BCUT2D eigenvalue weighted by atomic mass is 19.4. The first-order valence-corrected chi connectivity index (χ1v) is 5.49. The Morgan fingerprint density at radius 1 is 1.00 bits per heavy atom. The number of alkyl halides is 6. The van der Waals surface area contributed by atoms with E-state index in [0.717, 1.165) is 14.0 Å². The maximum atomic E-state index is 12.6. The Bertz CT molecular complexity index is 488. The first kappa shape index (κ1) is 17.1. The van der Waals surface area contributed by atoms with E-state index in [1.807, 2.05) is 0 Å². The van der Waals surface area contributed by atoms with Gasteiger partial charge < -0.3 is 9.47 Å². The van der Waals surface area contributed by atoms with Crippen molar-refractivity contribution in [2.24, 2.45) is 0 Å². The maximum Gasteiger partial charge on any atom is 0.416 e. The second kappa shape index (κ2) is 5.82. The molecule has 21 heavy (non-hydrogen) atoms. The molecular weight excluding hydrogens is 306 g/mol. The molecule has 0 aliphatic carbocycles. The Kier molecular flexibility index (Phi) is 4.75. The summed E-state index contributed by atoms with van der Waals surface area (Å²) in [5.74, 6) is -1.66. The monoisotopic (exact) mass is 316 g/mol. The number of rotatable bonds is 3. The number of carbonyl (C=O) groups excluding carboxylic acids is 1. The molecule has 0 spiro atoms. The lowest BCUT2D eigenvalue weighted by Crippen LogP contribution is -2.25. The van der Waals surface area contributed by atoms with Crippen LogP contribution < -0.4 is 4.74 Å². The van der Waals surface area contributed by atoms with Crippen molar-refractivity contribution in [3.05, 3.63) is 29.3 Å². The number of carbonyl (C=O) groups is 1. The summed E-state index contributed by atoms with van der Waals surface area (Å²) in [6.45, 7) is 1.14. The molecule has 0 saturated carbocycles. The molecule has 0 unspecified atom stereocenters. The maximum absolute atomic E-state index is 12.6. The third-order valence-corrected chi connectivity index (χ3v) is 2.41. The predicted octanol–water partition coefficient (Wildman–Crippen LogP) is 3.66. The second-order valence-corrected chi connectivity index (χ2v) is 4.02. The summed E-state index contributed by atoms with van der Waals surface area (Å²) < 4.78 is 84.5. The van der Waals surface area contributed by atoms with Crippen molar-refractivity contribution >= 4 is 5.97 Å².